The Morgan fingerprint density at radius 2 is 1.57 bits per heavy atom. The van der Waals surface area contributed by atoms with E-state index in [-0.39, 0.29) is 49.4 Å². The van der Waals surface area contributed by atoms with Gasteiger partial charge in [-0.2, -0.15) is 0 Å². The van der Waals surface area contributed by atoms with E-state index in [1.54, 1.807) is 68.4 Å². The second-order valence-corrected chi connectivity index (χ2v) is 14.0. The van der Waals surface area contributed by atoms with Crippen molar-refractivity contribution in [1.29, 1.82) is 5.41 Å². The standard InChI is InChI=1S/C37H51ClN10O6/c1-6-22(4)30(34(51)45-29(36(53)54)19-24-12-8-7-9-13-24)46-33(50)28(18-21(2)3)44-32(49)27(16-11-17-41-37(39)40)43-35(52)31-42-23(5)48(47-31)26-15-10-14-25(38)20-26/h7-10,12-15,20-22,27-30H,6,11,16-19H2,1-5H3,(H,43,52)(H,44,49)(H,45,51)(H,46,50)(H,53,54)(H4,39,40,41)/t22-,27-,28-,29-,30-/m0/s1. The number of aromatic nitrogens is 3. The van der Waals surface area contributed by atoms with E-state index in [9.17, 15) is 29.1 Å². The largest absolute Gasteiger partial charge is 0.480 e. The third-order valence-corrected chi connectivity index (χ3v) is 8.90. The highest BCUT2D eigenvalue weighted by molar-refractivity contribution is 6.30. The fourth-order valence-electron chi connectivity index (χ4n) is 5.60. The second kappa shape index (κ2) is 20.7. The lowest BCUT2D eigenvalue weighted by Gasteiger charge is -2.29. The number of nitrogens with zero attached hydrogens (tertiary/aromatic N) is 3. The number of hydrogen-bond donors (Lipinski definition) is 8. The molecule has 16 nitrogen and oxygen atoms in total. The summed E-state index contributed by atoms with van der Waals surface area (Å²) in [5.74, 6) is -4.46. The van der Waals surface area contributed by atoms with Crippen LogP contribution in [0.4, 0.5) is 0 Å². The number of carboxylic acid groups (broad SMARTS) is 1. The van der Waals surface area contributed by atoms with E-state index in [1.807, 2.05) is 20.8 Å². The minimum atomic E-state index is -1.24. The molecule has 17 heteroatoms. The summed E-state index contributed by atoms with van der Waals surface area (Å²) in [6, 6.07) is 11.1. The van der Waals surface area contributed by atoms with Crippen LogP contribution >= 0.6 is 11.6 Å². The zero-order valence-electron chi connectivity index (χ0n) is 31.2. The number of amides is 4. The van der Waals surface area contributed by atoms with Crippen LogP contribution in [0.5, 0.6) is 0 Å². The summed E-state index contributed by atoms with van der Waals surface area (Å²) in [5.41, 5.74) is 6.70. The van der Waals surface area contributed by atoms with Gasteiger partial charge in [-0.25, -0.2) is 14.5 Å². The van der Waals surface area contributed by atoms with E-state index >= 15 is 0 Å². The van der Waals surface area contributed by atoms with Gasteiger partial charge in [-0.1, -0.05) is 82.1 Å². The molecule has 1 heterocycles. The molecule has 4 amide bonds. The summed E-state index contributed by atoms with van der Waals surface area (Å²) in [5, 5.41) is 35.5. The Bertz CT molecular complexity index is 1770. The minimum Gasteiger partial charge on any atom is -0.480 e. The van der Waals surface area contributed by atoms with Gasteiger partial charge in [-0.05, 0) is 61.8 Å². The van der Waals surface area contributed by atoms with Crippen molar-refractivity contribution in [1.82, 2.24) is 41.3 Å². The van der Waals surface area contributed by atoms with Gasteiger partial charge in [0.1, 0.15) is 30.0 Å². The zero-order valence-corrected chi connectivity index (χ0v) is 31.9. The number of benzene rings is 2. The molecule has 0 fully saturated rings. The lowest BCUT2D eigenvalue weighted by Crippen LogP contribution is -2.59. The van der Waals surface area contributed by atoms with E-state index in [4.69, 9.17) is 22.7 Å². The molecule has 0 spiro atoms. The van der Waals surface area contributed by atoms with Gasteiger partial charge < -0.3 is 37.4 Å². The molecule has 5 atom stereocenters. The van der Waals surface area contributed by atoms with Crippen LogP contribution in [0.3, 0.4) is 0 Å². The van der Waals surface area contributed by atoms with Crippen LogP contribution in [0.1, 0.15) is 75.4 Å². The maximum absolute atomic E-state index is 13.9. The highest BCUT2D eigenvalue weighted by Gasteiger charge is 2.34. The first-order valence-electron chi connectivity index (χ1n) is 17.9. The van der Waals surface area contributed by atoms with Gasteiger partial charge in [0.25, 0.3) is 5.91 Å². The highest BCUT2D eigenvalue weighted by Crippen LogP contribution is 2.16. The smallest absolute Gasteiger partial charge is 0.326 e. The summed E-state index contributed by atoms with van der Waals surface area (Å²) in [6.45, 7) is 9.23. The Hall–Kier alpha value is -5.51. The van der Waals surface area contributed by atoms with Crippen LogP contribution in [-0.4, -0.2) is 86.1 Å². The second-order valence-electron chi connectivity index (χ2n) is 13.5. The van der Waals surface area contributed by atoms with Crippen LogP contribution in [0.25, 0.3) is 5.69 Å². The average Bonchev–Trinajstić information content (AvgIpc) is 3.52. The molecule has 3 aromatic rings. The predicted molar refractivity (Wildman–Crippen MR) is 204 cm³/mol. The van der Waals surface area contributed by atoms with Crippen molar-refractivity contribution in [2.75, 3.05) is 6.54 Å². The maximum atomic E-state index is 13.9. The van der Waals surface area contributed by atoms with Crippen molar-refractivity contribution in [2.45, 2.75) is 90.9 Å². The number of nitrogens with one attached hydrogen (secondary N) is 6. The Morgan fingerprint density at radius 1 is 0.907 bits per heavy atom. The molecule has 0 aliphatic heterocycles. The predicted octanol–water partition coefficient (Wildman–Crippen LogP) is 2.46. The Balaban J connectivity index is 1.81. The summed E-state index contributed by atoms with van der Waals surface area (Å²) in [4.78, 5) is 71.2. The van der Waals surface area contributed by atoms with E-state index in [0.29, 0.717) is 34.9 Å². The van der Waals surface area contributed by atoms with E-state index in [0.717, 1.165) is 0 Å². The number of rotatable bonds is 20. The van der Waals surface area contributed by atoms with Crippen LogP contribution in [0, 0.1) is 24.2 Å². The van der Waals surface area contributed by atoms with Crippen LogP contribution in [0.15, 0.2) is 54.6 Å². The summed E-state index contributed by atoms with van der Waals surface area (Å²) < 4.78 is 1.44. The van der Waals surface area contributed by atoms with Gasteiger partial charge in [0.2, 0.25) is 23.5 Å². The third-order valence-electron chi connectivity index (χ3n) is 8.66. The van der Waals surface area contributed by atoms with Gasteiger partial charge in [0, 0.05) is 18.0 Å². The normalized spacial score (nSPS) is 13.8. The van der Waals surface area contributed by atoms with Crippen molar-refractivity contribution in [2.24, 2.45) is 17.6 Å². The first-order chi connectivity index (χ1) is 25.6. The van der Waals surface area contributed by atoms with Crippen molar-refractivity contribution in [3.63, 3.8) is 0 Å². The molecule has 0 saturated heterocycles. The molecule has 0 radical (unpaired) electrons. The van der Waals surface area contributed by atoms with E-state index in [2.05, 4.69) is 36.7 Å². The Labute approximate surface area is 319 Å². The van der Waals surface area contributed by atoms with Crippen molar-refractivity contribution in [3.05, 3.63) is 76.8 Å². The molecule has 0 aliphatic carbocycles. The van der Waals surface area contributed by atoms with E-state index in [1.165, 1.54) is 4.68 Å². The molecule has 3 rings (SSSR count). The molecule has 0 saturated carbocycles. The topological polar surface area (TPSA) is 246 Å². The zero-order chi connectivity index (χ0) is 39.9. The fraction of sp³-hybridized carbons (Fsp3) is 0.459. The number of carboxylic acids is 1. The SMILES string of the molecule is CC[C@H](C)[C@H](NC(=O)[C@H](CC(C)C)NC(=O)[C@H](CCCNC(=N)N)NC(=O)c1nc(C)n(-c2cccc(Cl)c2)n1)C(=O)N[C@@H](Cc1ccccc1)C(=O)O. The summed E-state index contributed by atoms with van der Waals surface area (Å²) in [6.07, 6.45) is 1.12. The lowest BCUT2D eigenvalue weighted by molar-refractivity contribution is -0.142. The number of guanidine groups is 1. The molecular formula is C37H51ClN10O6. The first kappa shape index (κ1) is 42.9. The van der Waals surface area contributed by atoms with Crippen LogP contribution < -0.4 is 32.3 Å². The molecule has 1 aromatic heterocycles. The van der Waals surface area contributed by atoms with Crippen molar-refractivity contribution >= 4 is 47.2 Å². The Morgan fingerprint density at radius 3 is 2.19 bits per heavy atom. The number of halogens is 1. The highest BCUT2D eigenvalue weighted by atomic mass is 35.5. The minimum absolute atomic E-state index is 0.0418. The summed E-state index contributed by atoms with van der Waals surface area (Å²) in [7, 11) is 0. The van der Waals surface area contributed by atoms with Gasteiger partial charge in [0.05, 0.1) is 5.69 Å². The monoisotopic (exact) mass is 766 g/mol. The summed E-state index contributed by atoms with van der Waals surface area (Å²) >= 11 is 6.14. The van der Waals surface area contributed by atoms with Gasteiger partial charge >= 0.3 is 5.97 Å². The first-order valence-corrected chi connectivity index (χ1v) is 18.2. The Kier molecular flexibility index (Phi) is 16.4. The van der Waals surface area contributed by atoms with Crippen molar-refractivity contribution in [3.8, 4) is 5.69 Å². The molecule has 0 aliphatic rings. The van der Waals surface area contributed by atoms with Gasteiger partial charge in [0.15, 0.2) is 5.96 Å². The van der Waals surface area contributed by atoms with Crippen molar-refractivity contribution < 1.29 is 29.1 Å². The van der Waals surface area contributed by atoms with Crippen LogP contribution in [0.2, 0.25) is 5.02 Å². The number of aliphatic carboxylic acids is 1. The fourth-order valence-corrected chi connectivity index (χ4v) is 5.79. The van der Waals surface area contributed by atoms with Crippen LogP contribution in [-0.2, 0) is 25.6 Å². The molecule has 0 unspecified atom stereocenters. The average molecular weight is 767 g/mol. The molecular weight excluding hydrogens is 716 g/mol. The van der Waals surface area contributed by atoms with Gasteiger partial charge in [-0.15, -0.1) is 5.10 Å². The van der Waals surface area contributed by atoms with E-state index < -0.39 is 53.8 Å². The molecule has 292 valence electrons. The molecule has 0 bridgehead atoms. The number of carbonyl (C=O) groups excluding carboxylic acids is 4. The number of aryl methyl sites for hydroxylation is 1. The lowest BCUT2D eigenvalue weighted by atomic mass is 9.96. The number of hydrogen-bond acceptors (Lipinski definition) is 8. The van der Waals surface area contributed by atoms with Gasteiger partial charge in [-0.3, -0.25) is 24.6 Å². The number of nitrogens with two attached hydrogens (primary N) is 1. The molecule has 2 aromatic carbocycles. The quantitative estimate of drug-likeness (QED) is 0.0474. The maximum Gasteiger partial charge on any atom is 0.326 e. The molecule has 54 heavy (non-hydrogen) atoms. The number of carbonyl (C=O) groups is 5. The third kappa shape index (κ3) is 13.2. The molecule has 9 N–H and O–H groups in total.